The van der Waals surface area contributed by atoms with E-state index >= 15 is 0 Å². The van der Waals surface area contributed by atoms with E-state index in [1.807, 2.05) is 18.7 Å². The molecule has 2 rings (SSSR count). The van der Waals surface area contributed by atoms with Crippen LogP contribution in [0.5, 0.6) is 0 Å². The second kappa shape index (κ2) is 3.76. The first-order valence-corrected chi connectivity index (χ1v) is 5.60. The van der Waals surface area contributed by atoms with Crippen LogP contribution in [0.25, 0.3) is 0 Å². The number of nitrogens with one attached hydrogen (secondary N) is 1. The van der Waals surface area contributed by atoms with Crippen LogP contribution in [-0.4, -0.2) is 49.7 Å². The number of nitrogens with zero attached hydrogens (tertiary/aromatic N) is 1. The summed E-state index contributed by atoms with van der Waals surface area (Å²) in [6, 6.07) is 0. The smallest absolute Gasteiger partial charge is 0.254 e. The van der Waals surface area contributed by atoms with Crippen LogP contribution in [0, 0.1) is 11.8 Å². The Labute approximate surface area is 91.0 Å². The molecule has 0 radical (unpaired) electrons. The lowest BCUT2D eigenvalue weighted by Gasteiger charge is -2.28. The van der Waals surface area contributed by atoms with Crippen LogP contribution in [0.3, 0.4) is 0 Å². The third kappa shape index (κ3) is 1.88. The molecule has 0 aromatic rings. The summed E-state index contributed by atoms with van der Waals surface area (Å²) in [5, 5.41) is 3.37. The lowest BCUT2D eigenvalue weighted by atomic mass is 10.0. The zero-order valence-corrected chi connectivity index (χ0v) is 9.75. The number of likely N-dealkylation sites (tertiary alicyclic amines) is 1. The molecule has 1 N–H and O–H groups in total. The monoisotopic (exact) mass is 212 g/mol. The average molecular weight is 212 g/mol. The maximum atomic E-state index is 12.1. The van der Waals surface area contributed by atoms with Gasteiger partial charge in [0.25, 0.3) is 5.91 Å². The number of methoxy groups -OCH3 is 1. The van der Waals surface area contributed by atoms with Crippen molar-refractivity contribution in [3.63, 3.8) is 0 Å². The van der Waals surface area contributed by atoms with Crippen LogP contribution in [-0.2, 0) is 9.53 Å². The van der Waals surface area contributed by atoms with Gasteiger partial charge in [-0.1, -0.05) is 0 Å². The quantitative estimate of drug-likeness (QED) is 0.705. The summed E-state index contributed by atoms with van der Waals surface area (Å²) in [6.45, 7) is 7.57. The van der Waals surface area contributed by atoms with Gasteiger partial charge in [0.05, 0.1) is 0 Å². The van der Waals surface area contributed by atoms with Crippen LogP contribution >= 0.6 is 0 Å². The van der Waals surface area contributed by atoms with E-state index < -0.39 is 5.60 Å². The molecule has 2 atom stereocenters. The predicted octanol–water partition coefficient (Wildman–Crippen LogP) is 0.0892. The van der Waals surface area contributed by atoms with Gasteiger partial charge in [0.15, 0.2) is 0 Å². The molecule has 2 aliphatic heterocycles. The number of ether oxygens (including phenoxy) is 1. The van der Waals surface area contributed by atoms with Gasteiger partial charge < -0.3 is 15.0 Å². The minimum Gasteiger partial charge on any atom is -0.369 e. The summed E-state index contributed by atoms with van der Waals surface area (Å²) in [6.07, 6.45) is 0. The lowest BCUT2D eigenvalue weighted by Crippen LogP contribution is -2.46. The molecule has 86 valence electrons. The van der Waals surface area contributed by atoms with Gasteiger partial charge >= 0.3 is 0 Å². The highest BCUT2D eigenvalue weighted by Crippen LogP contribution is 2.28. The summed E-state index contributed by atoms with van der Waals surface area (Å²) in [4.78, 5) is 14.1. The molecule has 0 aromatic carbocycles. The predicted molar refractivity (Wildman–Crippen MR) is 57.5 cm³/mol. The standard InChI is InChI=1S/C11H20N2O2/c1-11(2,15-3)10(14)13-6-8-4-12-5-9(8)7-13/h8-9,12H,4-7H2,1-3H3/t8-,9+. The number of amides is 1. The maximum Gasteiger partial charge on any atom is 0.254 e. The molecule has 4 nitrogen and oxygen atoms in total. The van der Waals surface area contributed by atoms with E-state index in [4.69, 9.17) is 4.74 Å². The Morgan fingerprint density at radius 2 is 1.87 bits per heavy atom. The van der Waals surface area contributed by atoms with Gasteiger partial charge in [-0.25, -0.2) is 0 Å². The Kier molecular flexibility index (Phi) is 2.73. The summed E-state index contributed by atoms with van der Waals surface area (Å²) in [5.74, 6) is 1.43. The SMILES string of the molecule is COC(C)(C)C(=O)N1C[C@H]2CNC[C@H]2C1. The molecule has 0 aromatic heterocycles. The molecule has 0 aliphatic carbocycles. The van der Waals surface area contributed by atoms with E-state index in [-0.39, 0.29) is 5.91 Å². The van der Waals surface area contributed by atoms with Gasteiger partial charge in [0.2, 0.25) is 0 Å². The lowest BCUT2D eigenvalue weighted by molar-refractivity contribution is -0.150. The fourth-order valence-corrected chi connectivity index (χ4v) is 2.49. The second-order valence-electron chi connectivity index (χ2n) is 5.10. The van der Waals surface area contributed by atoms with Crippen molar-refractivity contribution >= 4 is 5.91 Å². The molecule has 4 heteroatoms. The molecule has 15 heavy (non-hydrogen) atoms. The molecule has 0 unspecified atom stereocenters. The van der Waals surface area contributed by atoms with E-state index in [2.05, 4.69) is 5.32 Å². The second-order valence-corrected chi connectivity index (χ2v) is 5.10. The summed E-state index contributed by atoms with van der Waals surface area (Å²) >= 11 is 0. The van der Waals surface area contributed by atoms with Crippen LogP contribution in [0.15, 0.2) is 0 Å². The van der Waals surface area contributed by atoms with Crippen molar-refractivity contribution in [2.75, 3.05) is 33.3 Å². The molecule has 0 spiro atoms. The highest BCUT2D eigenvalue weighted by Gasteiger charge is 2.42. The number of carbonyl (C=O) groups is 1. The molecule has 1 amide bonds. The Morgan fingerprint density at radius 3 is 2.33 bits per heavy atom. The molecule has 2 heterocycles. The highest BCUT2D eigenvalue weighted by molar-refractivity contribution is 5.84. The van der Waals surface area contributed by atoms with E-state index in [9.17, 15) is 4.79 Å². The Morgan fingerprint density at radius 1 is 1.33 bits per heavy atom. The van der Waals surface area contributed by atoms with E-state index in [0.717, 1.165) is 26.2 Å². The van der Waals surface area contributed by atoms with Crippen molar-refractivity contribution in [2.45, 2.75) is 19.4 Å². The molecule has 2 aliphatic rings. The molecule has 0 bridgehead atoms. The molecule has 2 fully saturated rings. The number of rotatable bonds is 2. The van der Waals surface area contributed by atoms with Crippen molar-refractivity contribution in [1.29, 1.82) is 0 Å². The maximum absolute atomic E-state index is 12.1. The summed E-state index contributed by atoms with van der Waals surface area (Å²) in [5.41, 5.74) is -0.675. The van der Waals surface area contributed by atoms with Gasteiger partial charge in [0, 0.05) is 33.3 Å². The molecular formula is C11H20N2O2. The molecule has 2 saturated heterocycles. The minimum absolute atomic E-state index is 0.124. The first-order chi connectivity index (χ1) is 7.04. The van der Waals surface area contributed by atoms with E-state index in [1.165, 1.54) is 0 Å². The minimum atomic E-state index is -0.675. The average Bonchev–Trinajstić information content (AvgIpc) is 2.75. The fraction of sp³-hybridized carbons (Fsp3) is 0.909. The molecule has 0 saturated carbocycles. The topological polar surface area (TPSA) is 41.6 Å². The van der Waals surface area contributed by atoms with Gasteiger partial charge in [-0.05, 0) is 25.7 Å². The van der Waals surface area contributed by atoms with Crippen LogP contribution in [0.4, 0.5) is 0 Å². The van der Waals surface area contributed by atoms with E-state index in [0.29, 0.717) is 11.8 Å². The van der Waals surface area contributed by atoms with Crippen LogP contribution in [0.2, 0.25) is 0 Å². The number of hydrogen-bond acceptors (Lipinski definition) is 3. The van der Waals surface area contributed by atoms with Gasteiger partial charge in [0.1, 0.15) is 5.60 Å². The Bertz CT molecular complexity index is 253. The summed E-state index contributed by atoms with van der Waals surface area (Å²) in [7, 11) is 1.59. The summed E-state index contributed by atoms with van der Waals surface area (Å²) < 4.78 is 5.23. The van der Waals surface area contributed by atoms with Gasteiger partial charge in [-0.15, -0.1) is 0 Å². The van der Waals surface area contributed by atoms with Crippen LogP contribution < -0.4 is 5.32 Å². The normalized spacial score (nSPS) is 30.7. The van der Waals surface area contributed by atoms with Crippen molar-refractivity contribution in [3.05, 3.63) is 0 Å². The highest BCUT2D eigenvalue weighted by atomic mass is 16.5. The van der Waals surface area contributed by atoms with Crippen molar-refractivity contribution < 1.29 is 9.53 Å². The zero-order chi connectivity index (χ0) is 11.1. The molecular weight excluding hydrogens is 192 g/mol. The van der Waals surface area contributed by atoms with Gasteiger partial charge in [-0.3, -0.25) is 4.79 Å². The third-order valence-corrected chi connectivity index (χ3v) is 3.70. The Hall–Kier alpha value is -0.610. The largest absolute Gasteiger partial charge is 0.369 e. The Balaban J connectivity index is 1.99. The van der Waals surface area contributed by atoms with Gasteiger partial charge in [-0.2, -0.15) is 0 Å². The number of hydrogen-bond donors (Lipinski definition) is 1. The fourth-order valence-electron chi connectivity index (χ4n) is 2.49. The van der Waals surface area contributed by atoms with Crippen LogP contribution in [0.1, 0.15) is 13.8 Å². The van der Waals surface area contributed by atoms with Crippen molar-refractivity contribution in [1.82, 2.24) is 10.2 Å². The zero-order valence-electron chi connectivity index (χ0n) is 9.75. The van der Waals surface area contributed by atoms with Crippen molar-refractivity contribution in [3.8, 4) is 0 Å². The first-order valence-electron chi connectivity index (χ1n) is 5.60. The third-order valence-electron chi connectivity index (χ3n) is 3.70. The first kappa shape index (κ1) is 10.9. The number of carbonyl (C=O) groups excluding carboxylic acids is 1. The number of fused-ring (bicyclic) bond motifs is 1. The van der Waals surface area contributed by atoms with Crippen molar-refractivity contribution in [2.24, 2.45) is 11.8 Å². The van der Waals surface area contributed by atoms with E-state index in [1.54, 1.807) is 7.11 Å².